The maximum atomic E-state index is 14.2. The summed E-state index contributed by atoms with van der Waals surface area (Å²) in [5.41, 5.74) is 3.99. The number of hydrogen-bond donors (Lipinski definition) is 1. The highest BCUT2D eigenvalue weighted by molar-refractivity contribution is 6.01. The molecule has 8 nitrogen and oxygen atoms in total. The molecule has 0 radical (unpaired) electrons. The second-order valence-electron chi connectivity index (χ2n) is 11.1. The van der Waals surface area contributed by atoms with Crippen molar-refractivity contribution in [1.82, 2.24) is 15.1 Å². The average Bonchev–Trinajstić information content (AvgIpc) is 3.03. The van der Waals surface area contributed by atoms with Gasteiger partial charge in [-0.2, -0.15) is 0 Å². The Morgan fingerprint density at radius 3 is 2.40 bits per heavy atom. The van der Waals surface area contributed by atoms with Crippen molar-refractivity contribution >= 4 is 17.5 Å². The number of nitrogens with one attached hydrogen (secondary N) is 1. The van der Waals surface area contributed by atoms with Crippen LogP contribution in [0, 0.1) is 5.82 Å². The van der Waals surface area contributed by atoms with Crippen molar-refractivity contribution in [2.45, 2.75) is 24.8 Å². The summed E-state index contributed by atoms with van der Waals surface area (Å²) in [6.07, 6.45) is 1.48. The number of anilines is 1. The number of carbonyl (C=O) groups excluding carboxylic acids is 2. The SMILES string of the molecule is COc1cc2c(cc1OC)[C@H]1[C@H](C(=O)NCCCN3CCN(c4ccccc4F)CC3)c3ccccc3C(=O)N1CC2. The summed E-state index contributed by atoms with van der Waals surface area (Å²) in [6.45, 7) is 5.14. The number of methoxy groups -OCH3 is 2. The largest absolute Gasteiger partial charge is 0.493 e. The van der Waals surface area contributed by atoms with Crippen molar-refractivity contribution < 1.29 is 23.5 Å². The van der Waals surface area contributed by atoms with E-state index in [1.54, 1.807) is 20.3 Å². The number of piperazine rings is 1. The molecule has 0 aromatic heterocycles. The van der Waals surface area contributed by atoms with Crippen LogP contribution in [0.4, 0.5) is 10.1 Å². The topological polar surface area (TPSA) is 74.4 Å². The summed E-state index contributed by atoms with van der Waals surface area (Å²) in [7, 11) is 3.20. The van der Waals surface area contributed by atoms with Gasteiger partial charge < -0.3 is 24.6 Å². The number of para-hydroxylation sites is 1. The Balaban J connectivity index is 1.14. The summed E-state index contributed by atoms with van der Waals surface area (Å²) < 4.78 is 25.3. The van der Waals surface area contributed by atoms with E-state index in [9.17, 15) is 14.0 Å². The van der Waals surface area contributed by atoms with Gasteiger partial charge in [-0.15, -0.1) is 0 Å². The van der Waals surface area contributed by atoms with Crippen LogP contribution in [0.5, 0.6) is 11.5 Å². The first-order valence-corrected chi connectivity index (χ1v) is 14.6. The Hall–Kier alpha value is -4.11. The number of carbonyl (C=O) groups is 2. The molecule has 3 aromatic rings. The molecule has 2 atom stereocenters. The van der Waals surface area contributed by atoms with Gasteiger partial charge in [0.15, 0.2) is 11.5 Å². The molecule has 1 N–H and O–H groups in total. The quantitative estimate of drug-likeness (QED) is 0.412. The average molecular weight is 573 g/mol. The van der Waals surface area contributed by atoms with Crippen LogP contribution in [0.15, 0.2) is 60.7 Å². The van der Waals surface area contributed by atoms with Gasteiger partial charge in [-0.1, -0.05) is 30.3 Å². The minimum atomic E-state index is -0.541. The molecule has 220 valence electrons. The Morgan fingerprint density at radius 1 is 0.929 bits per heavy atom. The summed E-state index contributed by atoms with van der Waals surface area (Å²) in [4.78, 5) is 33.8. The standard InChI is InChI=1S/C33H37FN4O4/c1-41-28-20-22-12-15-38-31(25(22)21-29(28)42-2)30(23-8-3-4-9-24(23)33(38)40)32(39)35-13-7-14-36-16-18-37(19-17-36)27-11-6-5-10-26(27)34/h3-6,8-11,20-21,30-31H,7,12-19H2,1-2H3,(H,35,39)/t30-,31+/m1/s1. The molecule has 2 amide bonds. The molecule has 0 unspecified atom stereocenters. The Kier molecular flexibility index (Phi) is 8.02. The number of fused-ring (bicyclic) bond motifs is 4. The van der Waals surface area contributed by atoms with E-state index in [1.807, 2.05) is 53.4 Å². The van der Waals surface area contributed by atoms with Gasteiger partial charge in [0.25, 0.3) is 5.91 Å². The predicted octanol–water partition coefficient (Wildman–Crippen LogP) is 4.01. The van der Waals surface area contributed by atoms with E-state index in [2.05, 4.69) is 15.1 Å². The first-order chi connectivity index (χ1) is 20.5. The highest BCUT2D eigenvalue weighted by atomic mass is 19.1. The maximum absolute atomic E-state index is 14.2. The highest BCUT2D eigenvalue weighted by Gasteiger charge is 2.46. The number of rotatable bonds is 8. The Bertz CT molecular complexity index is 1470. The van der Waals surface area contributed by atoms with E-state index < -0.39 is 12.0 Å². The van der Waals surface area contributed by atoms with Gasteiger partial charge >= 0.3 is 0 Å². The molecule has 6 rings (SSSR count). The molecular formula is C33H37FN4O4. The molecule has 9 heteroatoms. The minimum Gasteiger partial charge on any atom is -0.493 e. The van der Waals surface area contributed by atoms with Gasteiger partial charge in [0, 0.05) is 44.8 Å². The predicted molar refractivity (Wildman–Crippen MR) is 159 cm³/mol. The molecule has 42 heavy (non-hydrogen) atoms. The highest BCUT2D eigenvalue weighted by Crippen LogP contribution is 2.48. The first-order valence-electron chi connectivity index (χ1n) is 14.6. The number of benzene rings is 3. The van der Waals surface area contributed by atoms with Gasteiger partial charge in [-0.25, -0.2) is 4.39 Å². The number of nitrogens with zero attached hydrogens (tertiary/aromatic N) is 3. The van der Waals surface area contributed by atoms with Gasteiger partial charge in [-0.05, 0) is 66.4 Å². The zero-order valence-electron chi connectivity index (χ0n) is 24.1. The lowest BCUT2D eigenvalue weighted by Crippen LogP contribution is -2.50. The third-order valence-electron chi connectivity index (χ3n) is 8.82. The second-order valence-corrected chi connectivity index (χ2v) is 11.1. The van der Waals surface area contributed by atoms with Gasteiger partial charge in [0.05, 0.1) is 31.9 Å². The number of ether oxygens (including phenoxy) is 2. The van der Waals surface area contributed by atoms with Crippen LogP contribution in [0.1, 0.15) is 45.4 Å². The number of hydrogen-bond acceptors (Lipinski definition) is 6. The zero-order valence-corrected chi connectivity index (χ0v) is 24.1. The van der Waals surface area contributed by atoms with Crippen LogP contribution < -0.4 is 19.7 Å². The third kappa shape index (κ3) is 5.17. The number of amides is 2. The van der Waals surface area contributed by atoms with E-state index >= 15 is 0 Å². The lowest BCUT2D eigenvalue weighted by Gasteiger charge is -2.45. The van der Waals surface area contributed by atoms with Crippen LogP contribution in [0.2, 0.25) is 0 Å². The fraction of sp³-hybridized carbons (Fsp3) is 0.394. The van der Waals surface area contributed by atoms with E-state index in [4.69, 9.17) is 9.47 Å². The van der Waals surface area contributed by atoms with E-state index in [1.165, 1.54) is 6.07 Å². The van der Waals surface area contributed by atoms with Crippen molar-refractivity contribution in [1.29, 1.82) is 0 Å². The maximum Gasteiger partial charge on any atom is 0.254 e. The minimum absolute atomic E-state index is 0.0467. The second kappa shape index (κ2) is 12.0. The van der Waals surface area contributed by atoms with Gasteiger partial charge in [0.1, 0.15) is 5.82 Å². The molecule has 0 aliphatic carbocycles. The Labute approximate surface area is 246 Å². The van der Waals surface area contributed by atoms with E-state index in [0.29, 0.717) is 42.3 Å². The fourth-order valence-corrected chi connectivity index (χ4v) is 6.68. The molecular weight excluding hydrogens is 535 g/mol. The number of halogens is 1. The molecule has 0 bridgehead atoms. The smallest absolute Gasteiger partial charge is 0.254 e. The van der Waals surface area contributed by atoms with Crippen LogP contribution in [0.25, 0.3) is 0 Å². The molecule has 0 spiro atoms. The summed E-state index contributed by atoms with van der Waals surface area (Å²) in [5.74, 6) is 0.366. The molecule has 3 aliphatic heterocycles. The fourth-order valence-electron chi connectivity index (χ4n) is 6.68. The van der Waals surface area contributed by atoms with Crippen molar-refractivity contribution in [3.63, 3.8) is 0 Å². The summed E-state index contributed by atoms with van der Waals surface area (Å²) in [5, 5.41) is 3.19. The molecule has 1 saturated heterocycles. The molecule has 1 fully saturated rings. The van der Waals surface area contributed by atoms with E-state index in [-0.39, 0.29) is 17.6 Å². The normalized spacial score (nSPS) is 19.9. The Morgan fingerprint density at radius 2 is 1.64 bits per heavy atom. The molecule has 3 aromatic carbocycles. The summed E-state index contributed by atoms with van der Waals surface area (Å²) >= 11 is 0. The monoisotopic (exact) mass is 572 g/mol. The zero-order chi connectivity index (χ0) is 29.2. The van der Waals surface area contributed by atoms with Crippen molar-refractivity contribution in [2.75, 3.05) is 64.9 Å². The van der Waals surface area contributed by atoms with Crippen LogP contribution >= 0.6 is 0 Å². The van der Waals surface area contributed by atoms with Crippen LogP contribution in [0.3, 0.4) is 0 Å². The summed E-state index contributed by atoms with van der Waals surface area (Å²) in [6, 6.07) is 17.8. The lowest BCUT2D eigenvalue weighted by molar-refractivity contribution is -0.124. The van der Waals surface area contributed by atoms with Crippen molar-refractivity contribution in [3.05, 3.63) is 88.7 Å². The van der Waals surface area contributed by atoms with E-state index in [0.717, 1.165) is 55.8 Å². The van der Waals surface area contributed by atoms with Gasteiger partial charge in [0.2, 0.25) is 5.91 Å². The molecule has 3 aliphatic rings. The molecule has 3 heterocycles. The lowest BCUT2D eigenvalue weighted by atomic mass is 9.75. The van der Waals surface area contributed by atoms with Crippen LogP contribution in [-0.2, 0) is 11.2 Å². The third-order valence-corrected chi connectivity index (χ3v) is 8.82. The first kappa shape index (κ1) is 28.0. The van der Waals surface area contributed by atoms with Gasteiger partial charge in [-0.3, -0.25) is 14.5 Å². The van der Waals surface area contributed by atoms with Crippen molar-refractivity contribution in [2.24, 2.45) is 0 Å². The van der Waals surface area contributed by atoms with Crippen molar-refractivity contribution in [3.8, 4) is 11.5 Å². The molecule has 0 saturated carbocycles. The van der Waals surface area contributed by atoms with Crippen LogP contribution in [-0.4, -0.2) is 81.6 Å².